The number of nitrogens with two attached hydrogens (primary N) is 2. The van der Waals surface area contributed by atoms with Crippen LogP contribution in [0.3, 0.4) is 0 Å². The predicted octanol–water partition coefficient (Wildman–Crippen LogP) is -9.62. The van der Waals surface area contributed by atoms with Gasteiger partial charge in [0.05, 0.1) is 11.9 Å². The van der Waals surface area contributed by atoms with Crippen LogP contribution in [0.5, 0.6) is 11.5 Å². The molecule has 0 aliphatic rings. The first kappa shape index (κ1) is 36.2. The molecule has 0 aromatic heterocycles. The molecule has 156 valence electrons. The molecule has 0 bridgehead atoms. The minimum Gasteiger partial charge on any atom is -0.548 e. The Hall–Kier alpha value is -1.18. The van der Waals surface area contributed by atoms with Crippen LogP contribution in [-0.2, 0) is 22.4 Å². The van der Waals surface area contributed by atoms with Crippen LogP contribution in [-0.4, -0.2) is 45.2 Å². The van der Waals surface area contributed by atoms with Crippen LogP contribution in [0.2, 0.25) is 0 Å². The van der Waals surface area contributed by atoms with Crippen LogP contribution in [0.1, 0.15) is 11.1 Å². The van der Waals surface area contributed by atoms with Gasteiger partial charge in [-0.25, -0.2) is 0 Å². The number of phenolic OH excluding ortho intramolecular Hbond substituents is 2. The number of carboxylic acids is 2. The topological polar surface area (TPSA) is 236 Å². The average Bonchev–Trinajstić information content (AvgIpc) is 2.59. The number of hydrogen-bond acceptors (Lipinski definition) is 8. The molecule has 30 heavy (non-hydrogen) atoms. The Bertz CT molecular complexity index is 666. The molecule has 2 unspecified atom stereocenters. The van der Waals surface area contributed by atoms with Crippen LogP contribution < -0.4 is 80.8 Å². The Kier molecular flexibility index (Phi) is 22.4. The molecule has 0 radical (unpaired) electrons. The third kappa shape index (κ3) is 14.7. The monoisotopic (exact) mass is 442 g/mol. The van der Waals surface area contributed by atoms with Crippen molar-refractivity contribution in [3.05, 3.63) is 59.7 Å². The number of phenols is 2. The second kappa shape index (κ2) is 18.6. The number of rotatable bonds is 6. The summed E-state index contributed by atoms with van der Waals surface area (Å²) in [6.45, 7) is 0. The first-order valence-corrected chi connectivity index (χ1v) is 7.67. The zero-order valence-corrected chi connectivity index (χ0v) is 20.9. The molecule has 0 heterocycles. The molecule has 0 spiro atoms. The Labute approximate surface area is 218 Å². The van der Waals surface area contributed by atoms with Gasteiger partial charge in [-0.1, -0.05) is 24.3 Å². The Balaban J connectivity index is -0.000000199. The van der Waals surface area contributed by atoms with E-state index in [1.807, 2.05) is 0 Å². The van der Waals surface area contributed by atoms with Crippen molar-refractivity contribution >= 4 is 11.9 Å². The van der Waals surface area contributed by atoms with Gasteiger partial charge in [-0.2, -0.15) is 0 Å². The summed E-state index contributed by atoms with van der Waals surface area (Å²) in [6.07, 6.45) is 0.422. The second-order valence-electron chi connectivity index (χ2n) is 5.59. The fourth-order valence-electron chi connectivity index (χ4n) is 1.94. The fourth-order valence-corrected chi connectivity index (χ4v) is 1.94. The molecule has 0 fully saturated rings. The van der Waals surface area contributed by atoms with E-state index in [1.165, 1.54) is 24.3 Å². The van der Waals surface area contributed by atoms with Crippen molar-refractivity contribution in [2.45, 2.75) is 24.9 Å². The SMILES string of the molecule is NC(Cc1ccc(O)cc1)C(=O)[O-].NC(Cc1ccc(O)cc1)C(=O)[O-].O.O.[Na+].[Na+]. The van der Waals surface area contributed by atoms with Crippen molar-refractivity contribution in [2.75, 3.05) is 0 Å². The van der Waals surface area contributed by atoms with Gasteiger partial charge in [-0.15, -0.1) is 0 Å². The van der Waals surface area contributed by atoms with Gasteiger partial charge >= 0.3 is 59.1 Å². The average molecular weight is 442 g/mol. The summed E-state index contributed by atoms with van der Waals surface area (Å²) >= 11 is 0. The molecule has 2 aromatic carbocycles. The smallest absolute Gasteiger partial charge is 0.548 e. The van der Waals surface area contributed by atoms with Crippen molar-refractivity contribution in [1.82, 2.24) is 0 Å². The van der Waals surface area contributed by atoms with Crippen LogP contribution >= 0.6 is 0 Å². The molecule has 2 rings (SSSR count). The molecule has 2 atom stereocenters. The number of carboxylic acid groups (broad SMARTS) is 2. The van der Waals surface area contributed by atoms with E-state index in [2.05, 4.69) is 0 Å². The molecule has 2 aromatic rings. The standard InChI is InChI=1S/2C9H11NO3.2Na.2H2O/c2*10-8(9(12)13)5-6-1-3-7(11)4-2-6;;;;/h2*1-4,8,11H,5,10H2,(H,12,13);;;2*1H2/q;;2*+1;;/p-2. The minimum atomic E-state index is -1.27. The zero-order valence-electron chi connectivity index (χ0n) is 16.9. The van der Waals surface area contributed by atoms with Crippen LogP contribution in [0.4, 0.5) is 0 Å². The van der Waals surface area contributed by atoms with Crippen LogP contribution in [0.25, 0.3) is 0 Å². The van der Waals surface area contributed by atoms with E-state index in [0.717, 1.165) is 11.1 Å². The van der Waals surface area contributed by atoms with Gasteiger partial charge in [0.15, 0.2) is 0 Å². The van der Waals surface area contributed by atoms with Crippen LogP contribution in [0.15, 0.2) is 48.5 Å². The van der Waals surface area contributed by atoms with E-state index in [-0.39, 0.29) is 94.4 Å². The fraction of sp³-hybridized carbons (Fsp3) is 0.222. The molecular formula is C18H24N2Na2O8. The van der Waals surface area contributed by atoms with Crippen molar-refractivity contribution in [3.8, 4) is 11.5 Å². The minimum absolute atomic E-state index is 0. The number of aliphatic carboxylic acids is 2. The first-order chi connectivity index (χ1) is 12.2. The van der Waals surface area contributed by atoms with Gasteiger partial charge in [0.2, 0.25) is 0 Å². The third-order valence-electron chi connectivity index (χ3n) is 3.39. The van der Waals surface area contributed by atoms with E-state index in [9.17, 15) is 19.8 Å². The summed E-state index contributed by atoms with van der Waals surface area (Å²) < 4.78 is 0. The van der Waals surface area contributed by atoms with Crippen molar-refractivity contribution < 1.29 is 100 Å². The molecule has 0 aliphatic heterocycles. The maximum atomic E-state index is 10.3. The van der Waals surface area contributed by atoms with Crippen molar-refractivity contribution in [1.29, 1.82) is 0 Å². The largest absolute Gasteiger partial charge is 1.00 e. The quantitative estimate of drug-likeness (QED) is 0.313. The normalized spacial score (nSPS) is 10.7. The van der Waals surface area contributed by atoms with Crippen molar-refractivity contribution in [3.63, 3.8) is 0 Å². The second-order valence-corrected chi connectivity index (χ2v) is 5.59. The maximum Gasteiger partial charge on any atom is 1.00 e. The van der Waals surface area contributed by atoms with Gasteiger partial charge in [0.1, 0.15) is 11.5 Å². The maximum absolute atomic E-state index is 10.3. The Morgan fingerprint density at radius 3 is 1.13 bits per heavy atom. The summed E-state index contributed by atoms with van der Waals surface area (Å²) in [5.74, 6) is -2.25. The molecule has 10 N–H and O–H groups in total. The number of carbonyl (C=O) groups excluding carboxylic acids is 2. The summed E-state index contributed by atoms with van der Waals surface area (Å²) in [5.41, 5.74) is 12.0. The number of hydrogen-bond donors (Lipinski definition) is 4. The van der Waals surface area contributed by atoms with Gasteiger partial charge < -0.3 is 52.4 Å². The molecule has 12 heteroatoms. The first-order valence-electron chi connectivity index (χ1n) is 7.67. The van der Waals surface area contributed by atoms with Gasteiger partial charge in [-0.3, -0.25) is 0 Å². The molecular weight excluding hydrogens is 418 g/mol. The van der Waals surface area contributed by atoms with E-state index in [4.69, 9.17) is 21.7 Å². The molecule has 0 saturated heterocycles. The summed E-state index contributed by atoms with van der Waals surface area (Å²) in [7, 11) is 0. The number of carbonyl (C=O) groups is 2. The van der Waals surface area contributed by atoms with E-state index < -0.39 is 24.0 Å². The summed E-state index contributed by atoms with van der Waals surface area (Å²) in [6, 6.07) is 10.4. The molecule has 0 amide bonds. The number of benzene rings is 2. The van der Waals surface area contributed by atoms with E-state index in [1.54, 1.807) is 24.3 Å². The van der Waals surface area contributed by atoms with Crippen LogP contribution in [0, 0.1) is 0 Å². The van der Waals surface area contributed by atoms with Gasteiger partial charge in [0, 0.05) is 12.1 Å². The van der Waals surface area contributed by atoms with Gasteiger partial charge in [-0.05, 0) is 48.2 Å². The summed E-state index contributed by atoms with van der Waals surface area (Å²) in [5, 5.41) is 38.5. The Morgan fingerprint density at radius 1 is 0.700 bits per heavy atom. The third-order valence-corrected chi connectivity index (χ3v) is 3.39. The zero-order chi connectivity index (χ0) is 19.7. The Morgan fingerprint density at radius 2 is 0.933 bits per heavy atom. The molecule has 0 saturated carbocycles. The number of aromatic hydroxyl groups is 2. The van der Waals surface area contributed by atoms with E-state index in [0.29, 0.717) is 0 Å². The predicted molar refractivity (Wildman–Crippen MR) is 96.8 cm³/mol. The van der Waals surface area contributed by atoms with Crippen molar-refractivity contribution in [2.24, 2.45) is 11.5 Å². The van der Waals surface area contributed by atoms with Gasteiger partial charge in [0.25, 0.3) is 0 Å². The van der Waals surface area contributed by atoms with E-state index >= 15 is 0 Å². The molecule has 10 nitrogen and oxygen atoms in total. The summed E-state index contributed by atoms with van der Waals surface area (Å²) in [4.78, 5) is 20.6. The molecule has 0 aliphatic carbocycles.